The van der Waals surface area contributed by atoms with Gasteiger partial charge >= 0.3 is 0 Å². The van der Waals surface area contributed by atoms with Crippen molar-refractivity contribution in [1.82, 2.24) is 0 Å². The molecule has 4 unspecified atom stereocenters. The molecule has 0 amide bonds. The number of ether oxygens (including phenoxy) is 2. The number of rotatable bonds is 3. The highest BCUT2D eigenvalue weighted by molar-refractivity contribution is 9.10. The first-order chi connectivity index (χ1) is 14.8. The summed E-state index contributed by atoms with van der Waals surface area (Å²) >= 11 is 4.97. The summed E-state index contributed by atoms with van der Waals surface area (Å²) in [4.78, 5) is 1.01. The second-order valence-corrected chi connectivity index (χ2v) is 9.35. The average Bonchev–Trinajstić information content (AvgIpc) is 2.96. The molecule has 4 rings (SSSR count). The molecule has 0 aliphatic carbocycles. The maximum Gasteiger partial charge on any atom is 0.244 e. The van der Waals surface area contributed by atoms with Gasteiger partial charge < -0.3 is 9.47 Å². The van der Waals surface area contributed by atoms with Gasteiger partial charge in [0.1, 0.15) is 6.10 Å². The van der Waals surface area contributed by atoms with Crippen LogP contribution in [0, 0.1) is 56.2 Å². The normalized spacial score (nSPS) is 30.5. The van der Waals surface area contributed by atoms with Crippen LogP contribution in [0.1, 0.15) is 24.2 Å². The van der Waals surface area contributed by atoms with Crippen molar-refractivity contribution in [2.24, 2.45) is 16.7 Å². The quantitative estimate of drug-likeness (QED) is 0.582. The van der Waals surface area contributed by atoms with Gasteiger partial charge in [0.25, 0.3) is 0 Å². The number of nitriles is 3. The first-order valence-corrected chi connectivity index (χ1v) is 11.5. The van der Waals surface area contributed by atoms with Crippen LogP contribution in [0.4, 0.5) is 0 Å². The third-order valence-corrected chi connectivity index (χ3v) is 7.61. The summed E-state index contributed by atoms with van der Waals surface area (Å²) in [7, 11) is 0. The number of thioether (sulfide) groups is 1. The van der Waals surface area contributed by atoms with Crippen LogP contribution in [0.25, 0.3) is 0 Å². The van der Waals surface area contributed by atoms with Crippen LogP contribution in [0.3, 0.4) is 0 Å². The summed E-state index contributed by atoms with van der Waals surface area (Å²) in [6, 6.07) is 20.8. The molecule has 2 aliphatic heterocycles. The van der Waals surface area contributed by atoms with Crippen molar-refractivity contribution in [3.05, 3.63) is 64.1 Å². The molecule has 8 heteroatoms. The summed E-state index contributed by atoms with van der Waals surface area (Å²) in [6.07, 6.45) is 0.853. The van der Waals surface area contributed by atoms with Gasteiger partial charge in [0.05, 0.1) is 24.1 Å². The van der Waals surface area contributed by atoms with Crippen LogP contribution in [-0.2, 0) is 15.3 Å². The first-order valence-electron chi connectivity index (χ1n) is 9.45. The zero-order chi connectivity index (χ0) is 22.4. The molecule has 2 aromatic carbocycles. The number of hydrogen-bond donors (Lipinski definition) is 1. The van der Waals surface area contributed by atoms with Crippen LogP contribution in [0.15, 0.2) is 57.9 Å². The predicted octanol–water partition coefficient (Wildman–Crippen LogP) is 5.28. The van der Waals surface area contributed by atoms with Crippen molar-refractivity contribution in [3.63, 3.8) is 0 Å². The Morgan fingerprint density at radius 3 is 2.13 bits per heavy atom. The fraction of sp³-hybridized carbons (Fsp3) is 0.304. The second kappa shape index (κ2) is 7.39. The van der Waals surface area contributed by atoms with E-state index in [1.165, 1.54) is 0 Å². The molecule has 0 radical (unpaired) electrons. The molecule has 154 valence electrons. The van der Waals surface area contributed by atoms with Crippen molar-refractivity contribution >= 4 is 33.6 Å². The maximum absolute atomic E-state index is 10.3. The topological polar surface area (TPSA) is 114 Å². The monoisotopic (exact) mass is 492 g/mol. The molecule has 2 fully saturated rings. The van der Waals surface area contributed by atoms with E-state index in [-0.39, 0.29) is 0 Å². The fourth-order valence-electron chi connectivity index (χ4n) is 4.63. The fourth-order valence-corrected chi connectivity index (χ4v) is 5.30. The lowest BCUT2D eigenvalue weighted by Crippen LogP contribution is -2.57. The highest BCUT2D eigenvalue weighted by atomic mass is 79.9. The predicted molar refractivity (Wildman–Crippen MR) is 118 cm³/mol. The van der Waals surface area contributed by atoms with E-state index in [4.69, 9.17) is 14.9 Å². The molecule has 1 N–H and O–H groups in total. The largest absolute Gasteiger partial charge is 0.443 e. The second-order valence-electron chi connectivity index (χ2n) is 7.55. The third kappa shape index (κ3) is 2.61. The van der Waals surface area contributed by atoms with Crippen LogP contribution >= 0.6 is 27.7 Å². The summed E-state index contributed by atoms with van der Waals surface area (Å²) in [5.74, 6) is -2.68. The van der Waals surface area contributed by atoms with Crippen LogP contribution in [0.5, 0.6) is 0 Å². The Morgan fingerprint density at radius 1 is 1.00 bits per heavy atom. The molecule has 6 nitrogen and oxygen atoms in total. The lowest BCUT2D eigenvalue weighted by molar-refractivity contribution is -0.288. The van der Waals surface area contributed by atoms with Crippen molar-refractivity contribution < 1.29 is 9.47 Å². The third-order valence-electron chi connectivity index (χ3n) is 6.33. The zero-order valence-electron chi connectivity index (χ0n) is 16.7. The van der Waals surface area contributed by atoms with Crippen LogP contribution in [0.2, 0.25) is 0 Å². The summed E-state index contributed by atoms with van der Waals surface area (Å²) < 4.78 is 13.3. The lowest BCUT2D eigenvalue weighted by atomic mass is 9.53. The smallest absolute Gasteiger partial charge is 0.244 e. The van der Waals surface area contributed by atoms with Gasteiger partial charge in [-0.25, -0.2) is 0 Å². The van der Waals surface area contributed by atoms with Crippen molar-refractivity contribution in [2.45, 2.75) is 23.7 Å². The molecule has 4 atom stereocenters. The summed E-state index contributed by atoms with van der Waals surface area (Å²) in [5, 5.41) is 39.4. The minimum absolute atomic E-state index is 0.420. The maximum atomic E-state index is 10.3. The van der Waals surface area contributed by atoms with Crippen LogP contribution < -0.4 is 0 Å². The number of nitrogens with zero attached hydrogens (tertiary/aromatic N) is 3. The van der Waals surface area contributed by atoms with Gasteiger partial charge in [-0.15, -0.1) is 11.8 Å². The van der Waals surface area contributed by atoms with Gasteiger partial charge in [-0.3, -0.25) is 5.41 Å². The highest BCUT2D eigenvalue weighted by Crippen LogP contribution is 2.68. The van der Waals surface area contributed by atoms with Gasteiger partial charge in [-0.1, -0.05) is 47.1 Å². The summed E-state index contributed by atoms with van der Waals surface area (Å²) in [5.41, 5.74) is -2.58. The van der Waals surface area contributed by atoms with Crippen LogP contribution in [-0.4, -0.2) is 12.2 Å². The first kappa shape index (κ1) is 21.4. The standard InChI is InChI=1S/C23H17BrN4O2S/c1-14-22(13-27)20(28)30-23(14,16-5-7-17(24)8-6-16)29-19(21(22,11-25)12-26)15-3-9-18(31-2)10-4-15/h3-10,14,19,28H,1-2H3. The molecule has 0 saturated carbocycles. The van der Waals surface area contributed by atoms with E-state index < -0.39 is 34.5 Å². The van der Waals surface area contributed by atoms with E-state index in [1.807, 2.05) is 30.5 Å². The van der Waals surface area contributed by atoms with Crippen molar-refractivity contribution in [2.75, 3.05) is 6.26 Å². The minimum Gasteiger partial charge on any atom is -0.443 e. The molecule has 2 aliphatic rings. The number of fused-ring (bicyclic) bond motifs is 2. The Labute approximate surface area is 193 Å². The molecule has 2 saturated heterocycles. The molecule has 2 heterocycles. The van der Waals surface area contributed by atoms with Gasteiger partial charge in [-0.05, 0) is 36.1 Å². The number of nitrogens with one attached hydrogen (secondary N) is 1. The molecule has 2 aromatic rings. The number of benzene rings is 2. The van der Waals surface area contributed by atoms with E-state index in [2.05, 4.69) is 34.1 Å². The van der Waals surface area contributed by atoms with Gasteiger partial charge in [-0.2, -0.15) is 15.8 Å². The SMILES string of the molecule is CSc1ccc(C2OC3(c4ccc(Br)cc4)OC(=N)C(C#N)(C3C)C2(C#N)C#N)cc1. The Morgan fingerprint density at radius 2 is 1.61 bits per heavy atom. The average molecular weight is 493 g/mol. The zero-order valence-corrected chi connectivity index (χ0v) is 19.1. The molecular weight excluding hydrogens is 476 g/mol. The Hall–Kier alpha value is -2.83. The lowest BCUT2D eigenvalue weighted by Gasteiger charge is -2.48. The van der Waals surface area contributed by atoms with E-state index >= 15 is 0 Å². The van der Waals surface area contributed by atoms with E-state index in [1.54, 1.807) is 43.0 Å². The number of halogens is 1. The van der Waals surface area contributed by atoms with E-state index in [0.29, 0.717) is 11.1 Å². The summed E-state index contributed by atoms with van der Waals surface area (Å²) in [6.45, 7) is 1.70. The van der Waals surface area contributed by atoms with E-state index in [0.717, 1.165) is 9.37 Å². The van der Waals surface area contributed by atoms with Crippen molar-refractivity contribution in [1.29, 1.82) is 21.2 Å². The molecule has 2 bridgehead atoms. The Kier molecular flexibility index (Phi) is 5.10. The van der Waals surface area contributed by atoms with Gasteiger partial charge in [0.15, 0.2) is 5.41 Å². The van der Waals surface area contributed by atoms with Crippen molar-refractivity contribution in [3.8, 4) is 18.2 Å². The number of hydrogen-bond acceptors (Lipinski definition) is 7. The molecular formula is C23H17BrN4O2S. The molecule has 31 heavy (non-hydrogen) atoms. The minimum atomic E-state index is -1.96. The van der Waals surface area contributed by atoms with Gasteiger partial charge in [0.2, 0.25) is 17.1 Å². The Balaban J connectivity index is 2.00. The molecule has 0 aromatic heterocycles. The van der Waals surface area contributed by atoms with E-state index in [9.17, 15) is 15.8 Å². The highest BCUT2D eigenvalue weighted by Gasteiger charge is 2.79. The van der Waals surface area contributed by atoms with Gasteiger partial charge in [0, 0.05) is 14.9 Å². The Bertz CT molecular complexity index is 1160. The molecule has 0 spiro atoms.